The molecular weight excluding hydrogens is 608 g/mol. The third kappa shape index (κ3) is 5.33. The first-order valence-corrected chi connectivity index (χ1v) is 14.2. The highest BCUT2D eigenvalue weighted by Crippen LogP contribution is 2.48. The molecule has 208 valence electrons. The standard InChI is InChI=1S/C31H26BrClN4O4/c1-17-12-18(2)23(13-19(17)16-41-22-9-6-20(32)7-10-22)29-24(15-34)31(35)36(27-4-3-5-28(38)30(27)29)26-11-8-21(37(39)40)14-25(26)33/h6-14,29H,3-5,16,35H2,1-2H3. The van der Waals surface area contributed by atoms with Crippen molar-refractivity contribution in [2.75, 3.05) is 4.90 Å². The van der Waals surface area contributed by atoms with Crippen molar-refractivity contribution in [1.29, 1.82) is 5.26 Å². The van der Waals surface area contributed by atoms with E-state index in [2.05, 4.69) is 22.0 Å². The van der Waals surface area contributed by atoms with E-state index >= 15 is 0 Å². The van der Waals surface area contributed by atoms with Gasteiger partial charge >= 0.3 is 0 Å². The second kappa shape index (κ2) is 11.4. The Kier molecular flexibility index (Phi) is 7.89. The van der Waals surface area contributed by atoms with E-state index < -0.39 is 10.8 Å². The molecule has 41 heavy (non-hydrogen) atoms. The van der Waals surface area contributed by atoms with Crippen molar-refractivity contribution >= 4 is 44.7 Å². The topological polar surface area (TPSA) is 122 Å². The van der Waals surface area contributed by atoms with E-state index in [-0.39, 0.29) is 27.9 Å². The summed E-state index contributed by atoms with van der Waals surface area (Å²) in [6, 6.07) is 17.9. The van der Waals surface area contributed by atoms with Crippen molar-refractivity contribution in [2.24, 2.45) is 5.73 Å². The maximum Gasteiger partial charge on any atom is 0.271 e. The Morgan fingerprint density at radius 2 is 1.88 bits per heavy atom. The van der Waals surface area contributed by atoms with E-state index in [1.165, 1.54) is 18.2 Å². The summed E-state index contributed by atoms with van der Waals surface area (Å²) in [5, 5.41) is 21.8. The van der Waals surface area contributed by atoms with Crippen LogP contribution in [0.3, 0.4) is 0 Å². The molecule has 2 N–H and O–H groups in total. The molecule has 0 saturated carbocycles. The number of anilines is 1. The number of non-ortho nitro benzene ring substituents is 1. The van der Waals surface area contributed by atoms with Gasteiger partial charge < -0.3 is 10.5 Å². The third-order valence-electron chi connectivity index (χ3n) is 7.54. The van der Waals surface area contributed by atoms with E-state index in [1.54, 1.807) is 4.90 Å². The Bertz CT molecular complexity index is 1690. The maximum atomic E-state index is 13.6. The lowest BCUT2D eigenvalue weighted by molar-refractivity contribution is -0.384. The minimum absolute atomic E-state index is 0.0628. The minimum Gasteiger partial charge on any atom is -0.489 e. The Hall–Kier alpha value is -4.13. The van der Waals surface area contributed by atoms with E-state index in [4.69, 9.17) is 22.1 Å². The zero-order valence-corrected chi connectivity index (χ0v) is 24.8. The smallest absolute Gasteiger partial charge is 0.271 e. The number of nitriles is 1. The Labute approximate surface area is 250 Å². The van der Waals surface area contributed by atoms with E-state index in [9.17, 15) is 20.2 Å². The Balaban J connectivity index is 1.63. The normalized spacial score (nSPS) is 16.9. The molecule has 0 fully saturated rings. The monoisotopic (exact) mass is 632 g/mol. The molecule has 10 heteroatoms. The summed E-state index contributed by atoms with van der Waals surface area (Å²) in [5.74, 6) is 0.140. The zero-order chi connectivity index (χ0) is 29.4. The van der Waals surface area contributed by atoms with Crippen LogP contribution in [0, 0.1) is 35.3 Å². The number of Topliss-reactive ketones (excluding diaryl/α,β-unsaturated/α-hetero) is 1. The van der Waals surface area contributed by atoms with Crippen molar-refractivity contribution in [3.05, 3.63) is 119 Å². The van der Waals surface area contributed by atoms with Crippen molar-refractivity contribution < 1.29 is 14.5 Å². The Morgan fingerprint density at radius 3 is 2.54 bits per heavy atom. The van der Waals surface area contributed by atoms with Gasteiger partial charge in [-0.25, -0.2) is 0 Å². The summed E-state index contributed by atoms with van der Waals surface area (Å²) < 4.78 is 7.01. The number of ketones is 1. The number of carbonyl (C=O) groups is 1. The summed E-state index contributed by atoms with van der Waals surface area (Å²) in [4.78, 5) is 26.0. The predicted octanol–water partition coefficient (Wildman–Crippen LogP) is 7.51. The van der Waals surface area contributed by atoms with Crippen LogP contribution in [0.5, 0.6) is 5.75 Å². The van der Waals surface area contributed by atoms with Gasteiger partial charge in [0.05, 0.1) is 33.2 Å². The first kappa shape index (κ1) is 28.4. The van der Waals surface area contributed by atoms with Gasteiger partial charge in [0.1, 0.15) is 18.2 Å². The molecule has 1 atom stereocenters. The second-order valence-corrected chi connectivity index (χ2v) is 11.4. The van der Waals surface area contributed by atoms with Crippen LogP contribution in [0.1, 0.15) is 47.4 Å². The van der Waals surface area contributed by atoms with Gasteiger partial charge in [-0.15, -0.1) is 0 Å². The highest BCUT2D eigenvalue weighted by molar-refractivity contribution is 9.10. The number of nitrogens with zero attached hydrogens (tertiary/aromatic N) is 3. The van der Waals surface area contributed by atoms with Crippen LogP contribution in [0.15, 0.2) is 81.7 Å². The van der Waals surface area contributed by atoms with Gasteiger partial charge in [0.25, 0.3) is 5.69 Å². The molecular formula is C31H26BrClN4O4. The highest BCUT2D eigenvalue weighted by Gasteiger charge is 2.41. The average molecular weight is 634 g/mol. The van der Waals surface area contributed by atoms with Gasteiger partial charge in [-0.2, -0.15) is 5.26 Å². The van der Waals surface area contributed by atoms with Crippen molar-refractivity contribution in [1.82, 2.24) is 0 Å². The number of carbonyl (C=O) groups excluding carboxylic acids is 1. The van der Waals surface area contributed by atoms with Crippen LogP contribution >= 0.6 is 27.5 Å². The van der Waals surface area contributed by atoms with Gasteiger partial charge in [-0.05, 0) is 79.3 Å². The molecule has 1 aliphatic heterocycles. The molecule has 0 saturated heterocycles. The number of ether oxygens (including phenoxy) is 1. The van der Waals surface area contributed by atoms with E-state index in [0.717, 1.165) is 32.5 Å². The van der Waals surface area contributed by atoms with Crippen LogP contribution in [0.25, 0.3) is 0 Å². The van der Waals surface area contributed by atoms with Gasteiger partial charge in [0, 0.05) is 34.3 Å². The summed E-state index contributed by atoms with van der Waals surface area (Å²) in [6.45, 7) is 4.26. The summed E-state index contributed by atoms with van der Waals surface area (Å²) in [7, 11) is 0. The molecule has 8 nitrogen and oxygen atoms in total. The fraction of sp³-hybridized carbons (Fsp3) is 0.226. The van der Waals surface area contributed by atoms with E-state index in [0.29, 0.717) is 42.8 Å². The van der Waals surface area contributed by atoms with Crippen LogP contribution in [0.4, 0.5) is 11.4 Å². The number of rotatable bonds is 6. The quantitative estimate of drug-likeness (QED) is 0.220. The summed E-state index contributed by atoms with van der Waals surface area (Å²) in [6.07, 6.45) is 1.49. The van der Waals surface area contributed by atoms with Gasteiger partial charge in [-0.3, -0.25) is 19.8 Å². The number of benzene rings is 3. The van der Waals surface area contributed by atoms with Crippen LogP contribution in [-0.2, 0) is 11.4 Å². The van der Waals surface area contributed by atoms with E-state index in [1.807, 2.05) is 50.2 Å². The number of aryl methyl sites for hydroxylation is 2. The molecule has 0 radical (unpaired) electrons. The van der Waals surface area contributed by atoms with Crippen molar-refractivity contribution in [3.63, 3.8) is 0 Å². The molecule has 3 aromatic carbocycles. The number of hydrogen-bond donors (Lipinski definition) is 1. The summed E-state index contributed by atoms with van der Waals surface area (Å²) >= 11 is 9.94. The largest absolute Gasteiger partial charge is 0.489 e. The molecule has 0 spiro atoms. The number of nitro groups is 1. The number of nitro benzene ring substituents is 1. The molecule has 1 unspecified atom stereocenters. The molecule has 3 aromatic rings. The predicted molar refractivity (Wildman–Crippen MR) is 160 cm³/mol. The zero-order valence-electron chi connectivity index (χ0n) is 22.4. The first-order valence-electron chi connectivity index (χ1n) is 13.0. The number of halogens is 2. The van der Waals surface area contributed by atoms with Crippen molar-refractivity contribution in [3.8, 4) is 11.8 Å². The van der Waals surface area contributed by atoms with Gasteiger partial charge in [-0.1, -0.05) is 39.7 Å². The number of nitrogens with two attached hydrogens (primary N) is 1. The molecule has 0 aromatic heterocycles. The molecule has 1 heterocycles. The van der Waals surface area contributed by atoms with Crippen LogP contribution < -0.4 is 15.4 Å². The highest BCUT2D eigenvalue weighted by atomic mass is 79.9. The number of allylic oxidation sites excluding steroid dienone is 3. The molecule has 0 bridgehead atoms. The SMILES string of the molecule is Cc1cc(C)c(C2C(C#N)=C(N)N(c3ccc([N+](=O)[O-])cc3Cl)C3=C2C(=O)CCC3)cc1COc1ccc(Br)cc1. The molecule has 1 aliphatic carbocycles. The lowest BCUT2D eigenvalue weighted by Gasteiger charge is -2.40. The summed E-state index contributed by atoms with van der Waals surface area (Å²) in [5.41, 5.74) is 12.0. The molecule has 2 aliphatic rings. The van der Waals surface area contributed by atoms with Gasteiger partial charge in [0.15, 0.2) is 5.78 Å². The number of hydrogen-bond acceptors (Lipinski definition) is 7. The first-order chi connectivity index (χ1) is 19.6. The average Bonchev–Trinajstić information content (AvgIpc) is 2.93. The van der Waals surface area contributed by atoms with Crippen LogP contribution in [-0.4, -0.2) is 10.7 Å². The second-order valence-electron chi connectivity index (χ2n) is 10.1. The lowest BCUT2D eigenvalue weighted by atomic mass is 9.74. The molecule has 0 amide bonds. The van der Waals surface area contributed by atoms with Crippen molar-refractivity contribution in [2.45, 2.75) is 45.6 Å². The minimum atomic E-state index is -0.664. The lowest BCUT2D eigenvalue weighted by Crippen LogP contribution is -2.39. The van der Waals surface area contributed by atoms with Crippen LogP contribution in [0.2, 0.25) is 5.02 Å². The fourth-order valence-electron chi connectivity index (χ4n) is 5.54. The van der Waals surface area contributed by atoms with Gasteiger partial charge in [0.2, 0.25) is 0 Å². The third-order valence-corrected chi connectivity index (χ3v) is 8.37. The Morgan fingerprint density at radius 1 is 1.15 bits per heavy atom. The molecule has 5 rings (SSSR count). The maximum absolute atomic E-state index is 13.6. The fourth-order valence-corrected chi connectivity index (χ4v) is 6.06.